The van der Waals surface area contributed by atoms with Crippen molar-refractivity contribution >= 4 is 5.91 Å². The van der Waals surface area contributed by atoms with Crippen molar-refractivity contribution in [3.63, 3.8) is 0 Å². The minimum Gasteiger partial charge on any atom is -0.388 e. The number of hydrogen-bond acceptors (Lipinski definition) is 3. The average molecular weight is 251 g/mol. The van der Waals surface area contributed by atoms with Gasteiger partial charge in [-0.1, -0.05) is 12.8 Å². The molecule has 100 valence electrons. The Kier molecular flexibility index (Phi) is 3.43. The normalized spacial score (nSPS) is 18.0. The number of carbonyl (C=O) groups excluding carboxylic acids is 1. The number of aryl methyl sites for hydroxylation is 2. The third-order valence-electron chi connectivity index (χ3n) is 3.66. The maximum Gasteiger partial charge on any atom is 0.257 e. The molecule has 5 nitrogen and oxygen atoms in total. The van der Waals surface area contributed by atoms with Gasteiger partial charge in [-0.3, -0.25) is 9.48 Å². The molecule has 0 bridgehead atoms. The molecular formula is C13H21N3O2. The first-order valence-corrected chi connectivity index (χ1v) is 6.39. The Hall–Kier alpha value is -1.36. The fourth-order valence-electron chi connectivity index (χ4n) is 2.72. The minimum absolute atomic E-state index is 0.0686. The van der Waals surface area contributed by atoms with Gasteiger partial charge in [-0.15, -0.1) is 0 Å². The van der Waals surface area contributed by atoms with Crippen molar-refractivity contribution in [3.05, 3.63) is 17.5 Å². The molecular weight excluding hydrogens is 230 g/mol. The van der Waals surface area contributed by atoms with Crippen LogP contribution in [0.25, 0.3) is 0 Å². The van der Waals surface area contributed by atoms with Gasteiger partial charge >= 0.3 is 0 Å². The smallest absolute Gasteiger partial charge is 0.257 e. The summed E-state index contributed by atoms with van der Waals surface area (Å²) >= 11 is 0. The number of hydrogen-bond donors (Lipinski definition) is 1. The molecule has 1 heterocycles. The van der Waals surface area contributed by atoms with Crippen LogP contribution in [0.2, 0.25) is 0 Å². The summed E-state index contributed by atoms with van der Waals surface area (Å²) < 4.78 is 1.64. The fraction of sp³-hybridized carbons (Fsp3) is 0.692. The fourth-order valence-corrected chi connectivity index (χ4v) is 2.72. The molecule has 0 unspecified atom stereocenters. The van der Waals surface area contributed by atoms with E-state index in [9.17, 15) is 9.90 Å². The summed E-state index contributed by atoms with van der Waals surface area (Å²) in [7, 11) is 3.54. The minimum atomic E-state index is -0.694. The third-order valence-corrected chi connectivity index (χ3v) is 3.66. The molecule has 0 aliphatic heterocycles. The third kappa shape index (κ3) is 2.56. The van der Waals surface area contributed by atoms with Crippen molar-refractivity contribution < 1.29 is 9.90 Å². The number of amides is 1. The molecule has 1 aliphatic carbocycles. The van der Waals surface area contributed by atoms with Crippen LogP contribution in [0.3, 0.4) is 0 Å². The van der Waals surface area contributed by atoms with Crippen LogP contribution in [-0.4, -0.2) is 44.9 Å². The van der Waals surface area contributed by atoms with E-state index in [0.29, 0.717) is 12.1 Å². The Labute approximate surface area is 107 Å². The molecule has 18 heavy (non-hydrogen) atoms. The summed E-state index contributed by atoms with van der Waals surface area (Å²) in [5.41, 5.74) is 0.648. The van der Waals surface area contributed by atoms with Crippen molar-refractivity contribution in [1.29, 1.82) is 0 Å². The van der Waals surface area contributed by atoms with Crippen LogP contribution in [0, 0.1) is 6.92 Å². The summed E-state index contributed by atoms with van der Waals surface area (Å²) in [6.07, 6.45) is 5.40. The molecule has 0 atom stereocenters. The van der Waals surface area contributed by atoms with Crippen LogP contribution in [0.5, 0.6) is 0 Å². The van der Waals surface area contributed by atoms with E-state index in [1.54, 1.807) is 29.9 Å². The standard InChI is InChI=1S/C13H21N3O2/c1-10-11(8-16(3)14-10)12(17)15(2)9-13(18)6-4-5-7-13/h8,18H,4-7,9H2,1-3H3. The van der Waals surface area contributed by atoms with Crippen molar-refractivity contribution in [2.24, 2.45) is 7.05 Å². The zero-order valence-electron chi connectivity index (χ0n) is 11.3. The van der Waals surface area contributed by atoms with E-state index < -0.39 is 5.60 Å². The van der Waals surface area contributed by atoms with E-state index in [-0.39, 0.29) is 5.91 Å². The van der Waals surface area contributed by atoms with Crippen LogP contribution >= 0.6 is 0 Å². The summed E-state index contributed by atoms with van der Waals surface area (Å²) in [5, 5.41) is 14.5. The Balaban J connectivity index is 2.07. The highest BCUT2D eigenvalue weighted by molar-refractivity contribution is 5.94. The summed E-state index contributed by atoms with van der Waals surface area (Å²) in [4.78, 5) is 13.9. The van der Waals surface area contributed by atoms with E-state index in [4.69, 9.17) is 0 Å². The molecule has 1 N–H and O–H groups in total. The highest BCUT2D eigenvalue weighted by atomic mass is 16.3. The second-order valence-electron chi connectivity index (χ2n) is 5.39. The lowest BCUT2D eigenvalue weighted by Crippen LogP contribution is -2.42. The lowest BCUT2D eigenvalue weighted by molar-refractivity contribution is 0.0156. The van der Waals surface area contributed by atoms with E-state index in [1.165, 1.54) is 0 Å². The van der Waals surface area contributed by atoms with Crippen LogP contribution in [0.15, 0.2) is 6.20 Å². The van der Waals surface area contributed by atoms with Gasteiger partial charge < -0.3 is 10.0 Å². The molecule has 5 heteroatoms. The first-order chi connectivity index (χ1) is 8.41. The van der Waals surface area contributed by atoms with Gasteiger partial charge in [-0.2, -0.15) is 5.10 Å². The second-order valence-corrected chi connectivity index (χ2v) is 5.39. The zero-order chi connectivity index (χ0) is 13.3. The summed E-state index contributed by atoms with van der Waals surface area (Å²) in [6, 6.07) is 0. The highest BCUT2D eigenvalue weighted by Crippen LogP contribution is 2.30. The second kappa shape index (κ2) is 4.72. The van der Waals surface area contributed by atoms with Gasteiger partial charge in [0.05, 0.1) is 16.9 Å². The Morgan fingerprint density at radius 1 is 1.56 bits per heavy atom. The first-order valence-electron chi connectivity index (χ1n) is 6.39. The molecule has 1 fully saturated rings. The summed E-state index contributed by atoms with van der Waals surface area (Å²) in [5.74, 6) is -0.0686. The number of rotatable bonds is 3. The predicted molar refractivity (Wildman–Crippen MR) is 68.3 cm³/mol. The number of nitrogens with zero attached hydrogens (tertiary/aromatic N) is 3. The van der Waals surface area contributed by atoms with Crippen LogP contribution in [0.1, 0.15) is 41.7 Å². The number of aliphatic hydroxyl groups is 1. The number of aromatic nitrogens is 2. The van der Waals surface area contributed by atoms with Crippen molar-refractivity contribution in [2.75, 3.05) is 13.6 Å². The monoisotopic (exact) mass is 251 g/mol. The predicted octanol–water partition coefficient (Wildman–Crippen LogP) is 1.11. The van der Waals surface area contributed by atoms with E-state index >= 15 is 0 Å². The summed E-state index contributed by atoms with van der Waals surface area (Å²) in [6.45, 7) is 2.23. The van der Waals surface area contributed by atoms with Gasteiger partial charge in [-0.05, 0) is 19.8 Å². The molecule has 1 aromatic heterocycles. The molecule has 0 radical (unpaired) electrons. The molecule has 2 rings (SSSR count). The van der Waals surface area contributed by atoms with Gasteiger partial charge in [0.25, 0.3) is 5.91 Å². The van der Waals surface area contributed by atoms with Gasteiger partial charge in [0.1, 0.15) is 0 Å². The lowest BCUT2D eigenvalue weighted by Gasteiger charge is -2.28. The molecule has 1 aliphatic rings. The largest absolute Gasteiger partial charge is 0.388 e. The van der Waals surface area contributed by atoms with Crippen LogP contribution < -0.4 is 0 Å². The number of carbonyl (C=O) groups is 1. The van der Waals surface area contributed by atoms with Crippen molar-refractivity contribution in [3.8, 4) is 0 Å². The van der Waals surface area contributed by atoms with Crippen molar-refractivity contribution in [1.82, 2.24) is 14.7 Å². The van der Waals surface area contributed by atoms with Crippen molar-refractivity contribution in [2.45, 2.75) is 38.2 Å². The lowest BCUT2D eigenvalue weighted by atomic mass is 10.0. The molecule has 1 aromatic rings. The highest BCUT2D eigenvalue weighted by Gasteiger charge is 2.34. The van der Waals surface area contributed by atoms with E-state index in [1.807, 2.05) is 6.92 Å². The quantitative estimate of drug-likeness (QED) is 0.875. The van der Waals surface area contributed by atoms with Crippen LogP contribution in [-0.2, 0) is 7.05 Å². The van der Waals surface area contributed by atoms with Gasteiger partial charge in [0.2, 0.25) is 0 Å². The van der Waals surface area contributed by atoms with Gasteiger partial charge in [0, 0.05) is 26.8 Å². The van der Waals surface area contributed by atoms with Gasteiger partial charge in [0.15, 0.2) is 0 Å². The Morgan fingerprint density at radius 2 is 2.17 bits per heavy atom. The Morgan fingerprint density at radius 3 is 2.67 bits per heavy atom. The molecule has 0 aromatic carbocycles. The zero-order valence-corrected chi connectivity index (χ0v) is 11.3. The Bertz CT molecular complexity index is 447. The molecule has 1 saturated carbocycles. The van der Waals surface area contributed by atoms with E-state index in [2.05, 4.69) is 5.10 Å². The van der Waals surface area contributed by atoms with Crippen LogP contribution in [0.4, 0.5) is 0 Å². The molecule has 0 spiro atoms. The maximum absolute atomic E-state index is 12.3. The molecule has 0 saturated heterocycles. The first kappa shape index (κ1) is 13.1. The SMILES string of the molecule is Cc1nn(C)cc1C(=O)N(C)CC1(O)CCCC1. The molecule has 1 amide bonds. The maximum atomic E-state index is 12.3. The topological polar surface area (TPSA) is 58.4 Å². The number of likely N-dealkylation sites (N-methyl/N-ethyl adjacent to an activating group) is 1. The van der Waals surface area contributed by atoms with Gasteiger partial charge in [-0.25, -0.2) is 0 Å². The average Bonchev–Trinajstić information content (AvgIpc) is 2.84. The van der Waals surface area contributed by atoms with E-state index in [0.717, 1.165) is 31.4 Å².